The first-order valence-electron chi connectivity index (χ1n) is 6.93. The van der Waals surface area contributed by atoms with E-state index in [0.29, 0.717) is 6.61 Å². The molecule has 3 nitrogen and oxygen atoms in total. The van der Waals surface area contributed by atoms with Crippen molar-refractivity contribution in [2.24, 2.45) is 0 Å². The number of para-hydroxylation sites is 2. The molecule has 2 aromatic rings. The molecule has 0 aliphatic heterocycles. The molecule has 2 aromatic carbocycles. The number of hydrogen-bond donors (Lipinski definition) is 1. The van der Waals surface area contributed by atoms with E-state index in [1.807, 2.05) is 54.6 Å². The second kappa shape index (κ2) is 8.68. The third kappa shape index (κ3) is 5.21. The summed E-state index contributed by atoms with van der Waals surface area (Å²) in [6.45, 7) is 2.39. The summed E-state index contributed by atoms with van der Waals surface area (Å²) < 4.78 is 11.1. The highest BCUT2D eigenvalue weighted by Gasteiger charge is 2.01. The van der Waals surface area contributed by atoms with Gasteiger partial charge in [0.2, 0.25) is 0 Å². The molecule has 1 N–H and O–H groups in total. The van der Waals surface area contributed by atoms with Gasteiger partial charge in [0.25, 0.3) is 0 Å². The van der Waals surface area contributed by atoms with Crippen LogP contribution in [0, 0.1) is 12.3 Å². The van der Waals surface area contributed by atoms with Gasteiger partial charge in [0.1, 0.15) is 24.7 Å². The van der Waals surface area contributed by atoms with Crippen LogP contribution in [0.25, 0.3) is 0 Å². The van der Waals surface area contributed by atoms with Crippen LogP contribution in [-0.2, 0) is 6.54 Å². The van der Waals surface area contributed by atoms with Gasteiger partial charge in [-0.15, -0.1) is 6.42 Å². The van der Waals surface area contributed by atoms with Crippen molar-refractivity contribution in [2.45, 2.75) is 6.54 Å². The van der Waals surface area contributed by atoms with E-state index in [1.54, 1.807) is 0 Å². The molecule has 0 spiro atoms. The molecule has 0 aliphatic rings. The molecule has 21 heavy (non-hydrogen) atoms. The predicted octanol–water partition coefficient (Wildman–Crippen LogP) is 2.87. The van der Waals surface area contributed by atoms with Crippen LogP contribution in [0.4, 0.5) is 0 Å². The number of nitrogens with one attached hydrogen (secondary N) is 1. The summed E-state index contributed by atoms with van der Waals surface area (Å²) in [6, 6.07) is 17.7. The molecule has 0 radical (unpaired) electrons. The third-order valence-electron chi connectivity index (χ3n) is 2.89. The second-order valence-corrected chi connectivity index (χ2v) is 4.44. The van der Waals surface area contributed by atoms with Crippen molar-refractivity contribution in [2.75, 3.05) is 19.8 Å². The van der Waals surface area contributed by atoms with Gasteiger partial charge in [0, 0.05) is 18.7 Å². The molecule has 108 valence electrons. The van der Waals surface area contributed by atoms with Gasteiger partial charge in [0.05, 0.1) is 0 Å². The van der Waals surface area contributed by atoms with Gasteiger partial charge in [-0.25, -0.2) is 0 Å². The van der Waals surface area contributed by atoms with E-state index in [-0.39, 0.29) is 6.61 Å². The van der Waals surface area contributed by atoms with Crippen LogP contribution in [-0.4, -0.2) is 19.8 Å². The average molecular weight is 281 g/mol. The third-order valence-corrected chi connectivity index (χ3v) is 2.89. The maximum atomic E-state index is 5.62. The zero-order chi connectivity index (χ0) is 14.8. The minimum Gasteiger partial charge on any atom is -0.492 e. The van der Waals surface area contributed by atoms with E-state index in [1.165, 1.54) is 0 Å². The van der Waals surface area contributed by atoms with E-state index >= 15 is 0 Å². The molecule has 0 heterocycles. The Hall–Kier alpha value is -2.44. The highest BCUT2D eigenvalue weighted by Crippen LogP contribution is 2.17. The van der Waals surface area contributed by atoms with E-state index in [2.05, 4.69) is 11.2 Å². The van der Waals surface area contributed by atoms with Gasteiger partial charge in [-0.1, -0.05) is 42.3 Å². The first-order chi connectivity index (χ1) is 10.4. The minimum absolute atomic E-state index is 0.286. The number of benzene rings is 2. The second-order valence-electron chi connectivity index (χ2n) is 4.44. The fourth-order valence-electron chi connectivity index (χ4n) is 1.89. The Morgan fingerprint density at radius 2 is 1.71 bits per heavy atom. The van der Waals surface area contributed by atoms with Crippen LogP contribution >= 0.6 is 0 Å². The summed E-state index contributed by atoms with van der Waals surface area (Å²) in [6.07, 6.45) is 5.21. The van der Waals surface area contributed by atoms with Crippen LogP contribution in [0.15, 0.2) is 54.6 Å². The Labute approximate surface area is 125 Å². The monoisotopic (exact) mass is 281 g/mol. The molecule has 2 rings (SSSR count). The van der Waals surface area contributed by atoms with Crippen LogP contribution in [0.2, 0.25) is 0 Å². The molecule has 0 aromatic heterocycles. The Bertz CT molecular complexity index is 575. The first kappa shape index (κ1) is 15.0. The Balaban J connectivity index is 1.72. The smallest absolute Gasteiger partial charge is 0.148 e. The molecular weight excluding hydrogens is 262 g/mol. The normalized spacial score (nSPS) is 9.86. The van der Waals surface area contributed by atoms with E-state index in [4.69, 9.17) is 15.9 Å². The standard InChI is InChI=1S/C18H19NO2/c1-2-13-21-18-11-7-6-8-16(18)15-19-12-14-20-17-9-4-3-5-10-17/h1,3-11,19H,12-15H2. The van der Waals surface area contributed by atoms with Gasteiger partial charge in [-0.05, 0) is 18.2 Å². The zero-order valence-electron chi connectivity index (χ0n) is 11.9. The van der Waals surface area contributed by atoms with Gasteiger partial charge in [0.15, 0.2) is 0 Å². The van der Waals surface area contributed by atoms with Gasteiger partial charge in [-0.2, -0.15) is 0 Å². The summed E-state index contributed by atoms with van der Waals surface area (Å²) in [4.78, 5) is 0. The Morgan fingerprint density at radius 3 is 2.52 bits per heavy atom. The number of hydrogen-bond acceptors (Lipinski definition) is 3. The van der Waals surface area contributed by atoms with Crippen molar-refractivity contribution in [3.8, 4) is 23.8 Å². The van der Waals surface area contributed by atoms with Crippen molar-refractivity contribution in [1.82, 2.24) is 5.32 Å². The molecular formula is C18H19NO2. The largest absolute Gasteiger partial charge is 0.492 e. The lowest BCUT2D eigenvalue weighted by molar-refractivity contribution is 0.312. The van der Waals surface area contributed by atoms with E-state index in [0.717, 1.165) is 30.2 Å². The van der Waals surface area contributed by atoms with Crippen molar-refractivity contribution < 1.29 is 9.47 Å². The lowest BCUT2D eigenvalue weighted by atomic mass is 10.2. The lowest BCUT2D eigenvalue weighted by Gasteiger charge is -2.11. The van der Waals surface area contributed by atoms with E-state index < -0.39 is 0 Å². The van der Waals surface area contributed by atoms with E-state index in [9.17, 15) is 0 Å². The Kier molecular flexibility index (Phi) is 6.18. The van der Waals surface area contributed by atoms with Crippen molar-refractivity contribution in [1.29, 1.82) is 0 Å². The topological polar surface area (TPSA) is 30.5 Å². The van der Waals surface area contributed by atoms with Crippen LogP contribution < -0.4 is 14.8 Å². The summed E-state index contributed by atoms with van der Waals surface area (Å²) in [5, 5.41) is 3.33. The summed E-state index contributed by atoms with van der Waals surface area (Å²) >= 11 is 0. The van der Waals surface area contributed by atoms with Crippen molar-refractivity contribution in [3.63, 3.8) is 0 Å². The molecule has 0 fully saturated rings. The molecule has 0 bridgehead atoms. The first-order valence-corrected chi connectivity index (χ1v) is 6.93. The van der Waals surface area contributed by atoms with Crippen LogP contribution in [0.1, 0.15) is 5.56 Å². The van der Waals surface area contributed by atoms with Gasteiger partial charge >= 0.3 is 0 Å². The fourth-order valence-corrected chi connectivity index (χ4v) is 1.89. The van der Waals surface area contributed by atoms with Crippen LogP contribution in [0.3, 0.4) is 0 Å². The predicted molar refractivity (Wildman–Crippen MR) is 84.4 cm³/mol. The van der Waals surface area contributed by atoms with Crippen molar-refractivity contribution >= 4 is 0 Å². The zero-order valence-corrected chi connectivity index (χ0v) is 11.9. The highest BCUT2D eigenvalue weighted by atomic mass is 16.5. The molecule has 3 heteroatoms. The molecule has 0 saturated heterocycles. The maximum absolute atomic E-state index is 5.62. The minimum atomic E-state index is 0.286. The quantitative estimate of drug-likeness (QED) is 0.596. The summed E-state index contributed by atoms with van der Waals surface area (Å²) in [5.41, 5.74) is 1.09. The Morgan fingerprint density at radius 1 is 0.952 bits per heavy atom. The SMILES string of the molecule is C#CCOc1ccccc1CNCCOc1ccccc1. The van der Waals surface area contributed by atoms with Gasteiger partial charge < -0.3 is 14.8 Å². The van der Waals surface area contributed by atoms with Crippen LogP contribution in [0.5, 0.6) is 11.5 Å². The summed E-state index contributed by atoms with van der Waals surface area (Å²) in [5.74, 6) is 4.19. The fraction of sp³-hybridized carbons (Fsp3) is 0.222. The average Bonchev–Trinajstić information content (AvgIpc) is 2.54. The number of ether oxygens (including phenoxy) is 2. The maximum Gasteiger partial charge on any atom is 0.148 e. The molecule has 0 saturated carbocycles. The molecule has 0 unspecified atom stereocenters. The lowest BCUT2D eigenvalue weighted by Crippen LogP contribution is -2.21. The molecule has 0 aliphatic carbocycles. The van der Waals surface area contributed by atoms with Crippen molar-refractivity contribution in [3.05, 3.63) is 60.2 Å². The number of rotatable bonds is 8. The number of terminal acetylenes is 1. The van der Waals surface area contributed by atoms with Gasteiger partial charge in [-0.3, -0.25) is 0 Å². The summed E-state index contributed by atoms with van der Waals surface area (Å²) in [7, 11) is 0. The molecule has 0 atom stereocenters. The molecule has 0 amide bonds. The highest BCUT2D eigenvalue weighted by molar-refractivity contribution is 5.33.